The summed E-state index contributed by atoms with van der Waals surface area (Å²) >= 11 is 0. The van der Waals surface area contributed by atoms with Crippen LogP contribution in [0.4, 0.5) is 0 Å². The lowest BCUT2D eigenvalue weighted by atomic mass is 9.68. The Morgan fingerprint density at radius 3 is 2.52 bits per heavy atom. The number of fused-ring (bicyclic) bond motifs is 3. The maximum absolute atomic E-state index is 9.99. The molecule has 2 aliphatic rings. The lowest BCUT2D eigenvalue weighted by molar-refractivity contribution is 0.143. The fourth-order valence-corrected chi connectivity index (χ4v) is 4.39. The van der Waals surface area contributed by atoms with Crippen LogP contribution in [0.5, 0.6) is 11.5 Å². The number of aryl methyl sites for hydroxylation is 1. The van der Waals surface area contributed by atoms with Crippen LogP contribution in [0.3, 0.4) is 0 Å². The molecule has 0 unspecified atom stereocenters. The summed E-state index contributed by atoms with van der Waals surface area (Å²) in [7, 11) is 0. The Kier molecular flexibility index (Phi) is 4.12. The average molecular weight is 290 g/mol. The van der Waals surface area contributed by atoms with Gasteiger partial charge in [-0.05, 0) is 79.5 Å². The van der Waals surface area contributed by atoms with Crippen molar-refractivity contribution in [2.24, 2.45) is 11.8 Å². The van der Waals surface area contributed by atoms with Crippen LogP contribution in [0.15, 0.2) is 12.1 Å². The number of phenolic OH excluding ortho intramolecular Hbond substituents is 2. The molecule has 1 aromatic rings. The largest absolute Gasteiger partial charge is 0.504 e. The number of rotatable bonds is 0. The third kappa shape index (κ3) is 2.89. The fourth-order valence-electron chi connectivity index (χ4n) is 4.39. The number of hydrogen-bond acceptors (Lipinski definition) is 3. The van der Waals surface area contributed by atoms with Crippen molar-refractivity contribution in [2.75, 3.05) is 0 Å². The van der Waals surface area contributed by atoms with E-state index in [0.717, 1.165) is 44.9 Å². The minimum absolute atomic E-state index is 0.00117. The van der Waals surface area contributed by atoms with E-state index in [-0.39, 0.29) is 17.6 Å². The predicted octanol–water partition coefficient (Wildman–Crippen LogP) is 3.70. The molecule has 0 aromatic heterocycles. The van der Waals surface area contributed by atoms with E-state index in [1.165, 1.54) is 11.1 Å². The highest BCUT2D eigenvalue weighted by Gasteiger charge is 2.34. The van der Waals surface area contributed by atoms with Crippen molar-refractivity contribution in [2.45, 2.75) is 63.9 Å². The molecule has 1 fully saturated rings. The maximum atomic E-state index is 9.99. The van der Waals surface area contributed by atoms with Gasteiger partial charge in [-0.25, -0.2) is 0 Å². The van der Waals surface area contributed by atoms with Crippen molar-refractivity contribution in [1.29, 1.82) is 0 Å². The van der Waals surface area contributed by atoms with Crippen molar-refractivity contribution < 1.29 is 15.3 Å². The van der Waals surface area contributed by atoms with Gasteiger partial charge < -0.3 is 15.3 Å². The van der Waals surface area contributed by atoms with E-state index in [9.17, 15) is 15.3 Å². The Morgan fingerprint density at radius 2 is 1.71 bits per heavy atom. The Hall–Kier alpha value is -1.22. The van der Waals surface area contributed by atoms with Crippen molar-refractivity contribution in [1.82, 2.24) is 0 Å². The zero-order valence-electron chi connectivity index (χ0n) is 12.8. The molecule has 2 aliphatic carbocycles. The summed E-state index contributed by atoms with van der Waals surface area (Å²) in [5.41, 5.74) is 2.42. The highest BCUT2D eigenvalue weighted by Crippen LogP contribution is 2.47. The van der Waals surface area contributed by atoms with Crippen molar-refractivity contribution in [3.63, 3.8) is 0 Å². The monoisotopic (exact) mass is 290 g/mol. The van der Waals surface area contributed by atoms with Gasteiger partial charge in [0, 0.05) is 0 Å². The molecule has 1 aromatic carbocycles. The summed E-state index contributed by atoms with van der Waals surface area (Å²) in [5.74, 6) is 1.69. The summed E-state index contributed by atoms with van der Waals surface area (Å²) in [6, 6.07) is 3.52. The van der Waals surface area contributed by atoms with Gasteiger partial charge in [0.1, 0.15) is 0 Å². The quantitative estimate of drug-likeness (QED) is 0.638. The molecule has 0 amide bonds. The molecule has 0 bridgehead atoms. The zero-order chi connectivity index (χ0) is 15.0. The molecular weight excluding hydrogens is 264 g/mol. The highest BCUT2D eigenvalue weighted by molar-refractivity contribution is 5.48. The molecule has 3 N–H and O–H groups in total. The molecule has 0 radical (unpaired) electrons. The molecular formula is C18H26O3. The Bertz CT molecular complexity index is 511. The Morgan fingerprint density at radius 1 is 0.952 bits per heavy atom. The van der Waals surface area contributed by atoms with Gasteiger partial charge in [0.2, 0.25) is 0 Å². The number of hydrogen-bond donors (Lipinski definition) is 3. The standard InChI is InChI=1S/C18H26O3/c1-11-5-7-13(19)3-2-4-15-14(11)8-6-12-9-17(20)18(21)10-16(12)15/h9-11,13-15,19-21H,2-8H2,1H3/t11-,13+,14-,15-/m0/s1. The average Bonchev–Trinajstić information content (AvgIpc) is 2.52. The van der Waals surface area contributed by atoms with Crippen LogP contribution in [0.25, 0.3) is 0 Å². The van der Waals surface area contributed by atoms with Gasteiger partial charge in [-0.15, -0.1) is 0 Å². The van der Waals surface area contributed by atoms with E-state index < -0.39 is 0 Å². The van der Waals surface area contributed by atoms with Gasteiger partial charge in [0.15, 0.2) is 11.5 Å². The molecule has 116 valence electrons. The van der Waals surface area contributed by atoms with Crippen LogP contribution in [0.2, 0.25) is 0 Å². The molecule has 3 nitrogen and oxygen atoms in total. The first-order valence-electron chi connectivity index (χ1n) is 8.29. The molecule has 1 saturated carbocycles. The second-order valence-corrected chi connectivity index (χ2v) is 6.99. The van der Waals surface area contributed by atoms with Crippen molar-refractivity contribution in [3.8, 4) is 11.5 Å². The summed E-state index contributed by atoms with van der Waals surface area (Å²) in [4.78, 5) is 0. The summed E-state index contributed by atoms with van der Waals surface area (Å²) in [6.07, 6.45) is 6.98. The first kappa shape index (κ1) is 14.7. The van der Waals surface area contributed by atoms with Gasteiger partial charge in [-0.1, -0.05) is 13.3 Å². The van der Waals surface area contributed by atoms with Gasteiger partial charge in [-0.2, -0.15) is 0 Å². The topological polar surface area (TPSA) is 60.7 Å². The van der Waals surface area contributed by atoms with E-state index in [0.29, 0.717) is 17.8 Å². The number of aromatic hydroxyl groups is 2. The second kappa shape index (κ2) is 5.88. The van der Waals surface area contributed by atoms with Crippen LogP contribution in [0.1, 0.15) is 62.5 Å². The van der Waals surface area contributed by atoms with Crippen molar-refractivity contribution >= 4 is 0 Å². The Balaban J connectivity index is 1.94. The lowest BCUT2D eigenvalue weighted by Gasteiger charge is -2.37. The Labute approximate surface area is 126 Å². The molecule has 0 heterocycles. The van der Waals surface area contributed by atoms with E-state index in [2.05, 4.69) is 6.92 Å². The normalized spacial score (nSPS) is 33.2. The lowest BCUT2D eigenvalue weighted by Crippen LogP contribution is -2.26. The van der Waals surface area contributed by atoms with E-state index >= 15 is 0 Å². The molecule has 0 saturated heterocycles. The number of aliphatic hydroxyl groups excluding tert-OH is 1. The summed E-state index contributed by atoms with van der Waals surface area (Å²) in [5, 5.41) is 29.6. The van der Waals surface area contributed by atoms with Crippen LogP contribution >= 0.6 is 0 Å². The molecule has 3 heteroatoms. The first-order valence-corrected chi connectivity index (χ1v) is 8.29. The molecule has 21 heavy (non-hydrogen) atoms. The predicted molar refractivity (Wildman–Crippen MR) is 82.6 cm³/mol. The second-order valence-electron chi connectivity index (χ2n) is 6.99. The van der Waals surface area contributed by atoms with Crippen LogP contribution in [-0.4, -0.2) is 21.4 Å². The minimum atomic E-state index is -0.153. The minimum Gasteiger partial charge on any atom is -0.504 e. The van der Waals surface area contributed by atoms with Gasteiger partial charge in [-0.3, -0.25) is 0 Å². The van der Waals surface area contributed by atoms with Gasteiger partial charge >= 0.3 is 0 Å². The van der Waals surface area contributed by atoms with Crippen LogP contribution in [-0.2, 0) is 6.42 Å². The van der Waals surface area contributed by atoms with Crippen molar-refractivity contribution in [3.05, 3.63) is 23.3 Å². The third-order valence-corrected chi connectivity index (χ3v) is 5.64. The van der Waals surface area contributed by atoms with E-state index in [1.54, 1.807) is 12.1 Å². The molecule has 0 aliphatic heterocycles. The van der Waals surface area contributed by atoms with Gasteiger partial charge in [0.25, 0.3) is 0 Å². The smallest absolute Gasteiger partial charge is 0.157 e. The molecule has 0 spiro atoms. The van der Waals surface area contributed by atoms with Crippen LogP contribution < -0.4 is 0 Å². The van der Waals surface area contributed by atoms with Gasteiger partial charge in [0.05, 0.1) is 6.10 Å². The zero-order valence-corrected chi connectivity index (χ0v) is 12.8. The highest BCUT2D eigenvalue weighted by atomic mass is 16.3. The molecule has 4 atom stereocenters. The van der Waals surface area contributed by atoms with E-state index in [4.69, 9.17) is 0 Å². The van der Waals surface area contributed by atoms with Crippen LogP contribution in [0, 0.1) is 11.8 Å². The maximum Gasteiger partial charge on any atom is 0.157 e. The third-order valence-electron chi connectivity index (χ3n) is 5.64. The molecule has 3 rings (SSSR count). The first-order chi connectivity index (χ1) is 10.1. The number of aliphatic hydroxyl groups is 1. The number of phenols is 2. The summed E-state index contributed by atoms with van der Waals surface area (Å²) < 4.78 is 0. The number of benzene rings is 1. The SMILES string of the molecule is C[C@H]1CC[C@H](O)CCC[C@@H]2c3cc(O)c(O)cc3CC[C@H]21. The fraction of sp³-hybridized carbons (Fsp3) is 0.667. The van der Waals surface area contributed by atoms with E-state index in [1.807, 2.05) is 0 Å². The summed E-state index contributed by atoms with van der Waals surface area (Å²) in [6.45, 7) is 2.31.